The quantitative estimate of drug-likeness (QED) is 0.584. The zero-order valence-electron chi connectivity index (χ0n) is 18.6. The van der Waals surface area contributed by atoms with E-state index >= 15 is 0 Å². The minimum absolute atomic E-state index is 0.0361. The van der Waals surface area contributed by atoms with Crippen LogP contribution in [0.3, 0.4) is 0 Å². The van der Waals surface area contributed by atoms with Gasteiger partial charge in [0.25, 0.3) is 0 Å². The van der Waals surface area contributed by atoms with Crippen molar-refractivity contribution < 1.29 is 10.2 Å². The smallest absolute Gasteiger partial charge is 0.120 e. The molecule has 3 fully saturated rings. The van der Waals surface area contributed by atoms with Crippen molar-refractivity contribution in [1.29, 1.82) is 0 Å². The van der Waals surface area contributed by atoms with Crippen LogP contribution in [-0.2, 0) is 0 Å². The van der Waals surface area contributed by atoms with Gasteiger partial charge in [-0.3, -0.25) is 0 Å². The Bertz CT molecular complexity index is 518. The Kier molecular flexibility index (Phi) is 7.91. The van der Waals surface area contributed by atoms with Gasteiger partial charge < -0.3 is 10.2 Å². The summed E-state index contributed by atoms with van der Waals surface area (Å²) in [6.45, 7) is 6.48. The molecule has 3 saturated carbocycles. The lowest BCUT2D eigenvalue weighted by Gasteiger charge is -2.47. The van der Waals surface area contributed by atoms with E-state index in [-0.39, 0.29) is 5.41 Å². The molecule has 2 unspecified atom stereocenters. The Morgan fingerprint density at radius 1 is 0.750 bits per heavy atom. The van der Waals surface area contributed by atoms with E-state index in [4.69, 9.17) is 0 Å². The molecule has 0 bridgehead atoms. The van der Waals surface area contributed by atoms with Gasteiger partial charge in [-0.1, -0.05) is 64.2 Å². The average Bonchev–Trinajstić information content (AvgIpc) is 2.69. The fourth-order valence-corrected chi connectivity index (χ4v) is 6.49. The first kappa shape index (κ1) is 22.2. The molecule has 0 radical (unpaired) electrons. The molecule has 2 atom stereocenters. The minimum Gasteiger partial charge on any atom is -0.381 e. The van der Waals surface area contributed by atoms with Crippen molar-refractivity contribution in [3.05, 3.63) is 0 Å². The van der Waals surface area contributed by atoms with Gasteiger partial charge in [0.1, 0.15) is 12.2 Å². The highest BCUT2D eigenvalue weighted by Gasteiger charge is 2.44. The van der Waals surface area contributed by atoms with Gasteiger partial charge in [-0.15, -0.1) is 0 Å². The summed E-state index contributed by atoms with van der Waals surface area (Å²) in [6, 6.07) is 0. The summed E-state index contributed by atoms with van der Waals surface area (Å²) in [5, 5.41) is 20.7. The summed E-state index contributed by atoms with van der Waals surface area (Å²) >= 11 is 0. The largest absolute Gasteiger partial charge is 0.381 e. The van der Waals surface area contributed by atoms with Gasteiger partial charge in [-0.05, 0) is 81.5 Å². The Morgan fingerprint density at radius 3 is 1.79 bits per heavy atom. The van der Waals surface area contributed by atoms with Crippen LogP contribution in [0.4, 0.5) is 0 Å². The van der Waals surface area contributed by atoms with Crippen LogP contribution in [0.15, 0.2) is 0 Å². The van der Waals surface area contributed by atoms with Crippen LogP contribution >= 0.6 is 0 Å². The Labute approximate surface area is 173 Å². The highest BCUT2D eigenvalue weighted by atomic mass is 16.3. The second-order valence-corrected chi connectivity index (χ2v) is 10.9. The second kappa shape index (κ2) is 9.99. The maximum atomic E-state index is 11.1. The van der Waals surface area contributed by atoms with E-state index in [1.807, 2.05) is 0 Å². The second-order valence-electron chi connectivity index (χ2n) is 10.9. The molecule has 0 spiro atoms. The van der Waals surface area contributed by atoms with Crippen LogP contribution in [-0.4, -0.2) is 22.4 Å². The third kappa shape index (κ3) is 5.76. The van der Waals surface area contributed by atoms with Gasteiger partial charge in [-0.25, -0.2) is 0 Å². The summed E-state index contributed by atoms with van der Waals surface area (Å²) in [6.07, 6.45) is 15.7. The molecule has 2 nitrogen and oxygen atoms in total. The topological polar surface area (TPSA) is 40.5 Å². The molecule has 2 N–H and O–H groups in total. The number of aliphatic hydroxyl groups excluding tert-OH is 2. The van der Waals surface area contributed by atoms with Gasteiger partial charge in [-0.2, -0.15) is 0 Å². The van der Waals surface area contributed by atoms with Crippen LogP contribution in [0.1, 0.15) is 104 Å². The van der Waals surface area contributed by atoms with E-state index in [1.165, 1.54) is 64.2 Å². The third-order valence-corrected chi connectivity index (χ3v) is 8.59. The molecule has 28 heavy (non-hydrogen) atoms. The summed E-state index contributed by atoms with van der Waals surface area (Å²) in [4.78, 5) is 0. The van der Waals surface area contributed by atoms with Gasteiger partial charge >= 0.3 is 0 Å². The number of hydrogen-bond donors (Lipinski definition) is 2. The SMILES string of the molecule is CC(O)C#CC(O)C1(CC2CCC(C)CC2)CCC(C2CCC(C)CC2)CC1. The van der Waals surface area contributed by atoms with Crippen LogP contribution < -0.4 is 0 Å². The zero-order valence-corrected chi connectivity index (χ0v) is 18.6. The Balaban J connectivity index is 1.65. The van der Waals surface area contributed by atoms with Gasteiger partial charge in [0.05, 0.1) is 0 Å². The predicted molar refractivity (Wildman–Crippen MR) is 117 cm³/mol. The summed E-state index contributed by atoms with van der Waals surface area (Å²) in [7, 11) is 0. The highest BCUT2D eigenvalue weighted by Crippen LogP contribution is 2.51. The molecule has 0 aromatic rings. The fraction of sp³-hybridized carbons (Fsp3) is 0.923. The molecule has 0 aliphatic heterocycles. The van der Waals surface area contributed by atoms with Crippen molar-refractivity contribution in [3.8, 4) is 11.8 Å². The van der Waals surface area contributed by atoms with Crippen LogP contribution in [0.5, 0.6) is 0 Å². The molecule has 3 aliphatic carbocycles. The van der Waals surface area contributed by atoms with E-state index in [2.05, 4.69) is 25.7 Å². The maximum Gasteiger partial charge on any atom is 0.120 e. The predicted octanol–water partition coefficient (Wildman–Crippen LogP) is 5.95. The molecular weight excluding hydrogens is 344 g/mol. The maximum absolute atomic E-state index is 11.1. The molecule has 0 aromatic heterocycles. The van der Waals surface area contributed by atoms with E-state index in [0.717, 1.165) is 48.9 Å². The lowest BCUT2D eigenvalue weighted by molar-refractivity contribution is -0.0155. The molecule has 0 heterocycles. The standard InChI is InChI=1S/C26H44O2/c1-19-4-9-22(10-5-19)18-26(25(28)13-8-21(3)27)16-14-24(15-17-26)23-11-6-20(2)7-12-23/h19-25,27-28H,4-7,9-12,14-18H2,1-3H3. The van der Waals surface area contributed by atoms with Crippen LogP contribution in [0.2, 0.25) is 0 Å². The van der Waals surface area contributed by atoms with Crippen LogP contribution in [0, 0.1) is 46.8 Å². The molecule has 3 rings (SSSR count). The third-order valence-electron chi connectivity index (χ3n) is 8.59. The van der Waals surface area contributed by atoms with E-state index in [0.29, 0.717) is 0 Å². The normalized spacial score (nSPS) is 41.5. The van der Waals surface area contributed by atoms with E-state index in [9.17, 15) is 10.2 Å². The van der Waals surface area contributed by atoms with Crippen molar-refractivity contribution in [3.63, 3.8) is 0 Å². The molecule has 0 saturated heterocycles. The van der Waals surface area contributed by atoms with Crippen LogP contribution in [0.25, 0.3) is 0 Å². The Morgan fingerprint density at radius 2 is 1.25 bits per heavy atom. The molecule has 3 aliphatic rings. The number of rotatable bonds is 4. The van der Waals surface area contributed by atoms with E-state index in [1.54, 1.807) is 6.92 Å². The lowest BCUT2D eigenvalue weighted by Crippen LogP contribution is -2.41. The summed E-state index contributed by atoms with van der Waals surface area (Å²) in [5.74, 6) is 10.2. The zero-order chi connectivity index (χ0) is 20.1. The van der Waals surface area contributed by atoms with Gasteiger partial charge in [0.2, 0.25) is 0 Å². The molecule has 0 aromatic carbocycles. The Hall–Kier alpha value is -0.520. The molecular formula is C26H44O2. The van der Waals surface area contributed by atoms with Crippen molar-refractivity contribution in [1.82, 2.24) is 0 Å². The van der Waals surface area contributed by atoms with Crippen molar-refractivity contribution in [2.75, 3.05) is 0 Å². The number of hydrogen-bond acceptors (Lipinski definition) is 2. The lowest BCUT2D eigenvalue weighted by atomic mass is 9.59. The molecule has 160 valence electrons. The minimum atomic E-state index is -0.650. The van der Waals surface area contributed by atoms with Gasteiger partial charge in [0.15, 0.2) is 0 Å². The number of aliphatic hydroxyl groups is 2. The fourth-order valence-electron chi connectivity index (χ4n) is 6.49. The molecule has 0 amide bonds. The highest BCUT2D eigenvalue weighted by molar-refractivity contribution is 5.14. The van der Waals surface area contributed by atoms with Crippen molar-refractivity contribution in [2.45, 2.75) is 116 Å². The summed E-state index contributed by atoms with van der Waals surface area (Å²) < 4.78 is 0. The van der Waals surface area contributed by atoms with Gasteiger partial charge in [0, 0.05) is 5.41 Å². The van der Waals surface area contributed by atoms with Crippen molar-refractivity contribution >= 4 is 0 Å². The average molecular weight is 389 g/mol. The first-order chi connectivity index (χ1) is 13.4. The first-order valence-electron chi connectivity index (χ1n) is 12.2. The molecule has 2 heteroatoms. The van der Waals surface area contributed by atoms with Crippen molar-refractivity contribution in [2.24, 2.45) is 35.0 Å². The monoisotopic (exact) mass is 388 g/mol. The van der Waals surface area contributed by atoms with E-state index < -0.39 is 12.2 Å². The first-order valence-corrected chi connectivity index (χ1v) is 12.2. The summed E-state index contributed by atoms with van der Waals surface area (Å²) in [5.41, 5.74) is -0.0361.